The Morgan fingerprint density at radius 2 is 1.74 bits per heavy atom. The SMILES string of the molecule is Cc1cc(C)cc(C2CCN(CC3CCN(S(C)(=O)=O)C3)C2)c1. The van der Waals surface area contributed by atoms with Crippen molar-refractivity contribution in [2.24, 2.45) is 5.92 Å². The van der Waals surface area contributed by atoms with Crippen molar-refractivity contribution in [2.75, 3.05) is 39.0 Å². The zero-order valence-corrected chi connectivity index (χ0v) is 15.3. The molecule has 2 unspecified atom stereocenters. The Hall–Kier alpha value is -0.910. The first kappa shape index (κ1) is 16.9. The molecular formula is C18H28N2O2S. The summed E-state index contributed by atoms with van der Waals surface area (Å²) >= 11 is 0. The summed E-state index contributed by atoms with van der Waals surface area (Å²) in [4.78, 5) is 2.53. The fourth-order valence-electron chi connectivity index (χ4n) is 4.13. The van der Waals surface area contributed by atoms with Crippen LogP contribution in [0.1, 0.15) is 35.4 Å². The van der Waals surface area contributed by atoms with Gasteiger partial charge in [0.1, 0.15) is 0 Å². The lowest BCUT2D eigenvalue weighted by atomic mass is 9.95. The van der Waals surface area contributed by atoms with E-state index in [0.29, 0.717) is 24.9 Å². The van der Waals surface area contributed by atoms with E-state index in [1.807, 2.05) is 0 Å². The maximum atomic E-state index is 11.6. The normalized spacial score (nSPS) is 26.9. The second-order valence-electron chi connectivity index (χ2n) is 7.44. The van der Waals surface area contributed by atoms with E-state index >= 15 is 0 Å². The molecule has 0 bridgehead atoms. The molecule has 1 aromatic rings. The van der Waals surface area contributed by atoms with E-state index in [1.54, 1.807) is 4.31 Å². The van der Waals surface area contributed by atoms with Crippen LogP contribution in [-0.2, 0) is 10.0 Å². The summed E-state index contributed by atoms with van der Waals surface area (Å²) in [5.74, 6) is 1.11. The third-order valence-corrected chi connectivity index (χ3v) is 6.49. The number of sulfonamides is 1. The first-order chi connectivity index (χ1) is 10.8. The van der Waals surface area contributed by atoms with Crippen LogP contribution in [0, 0.1) is 19.8 Å². The van der Waals surface area contributed by atoms with Gasteiger partial charge in [-0.25, -0.2) is 12.7 Å². The zero-order valence-electron chi connectivity index (χ0n) is 14.5. The molecule has 4 nitrogen and oxygen atoms in total. The van der Waals surface area contributed by atoms with Gasteiger partial charge in [0.15, 0.2) is 0 Å². The molecule has 5 heteroatoms. The highest BCUT2D eigenvalue weighted by atomic mass is 32.2. The van der Waals surface area contributed by atoms with Crippen molar-refractivity contribution >= 4 is 10.0 Å². The van der Waals surface area contributed by atoms with Gasteiger partial charge in [-0.1, -0.05) is 29.3 Å². The van der Waals surface area contributed by atoms with Crippen LogP contribution in [0.3, 0.4) is 0 Å². The highest BCUT2D eigenvalue weighted by Gasteiger charge is 2.32. The van der Waals surface area contributed by atoms with Gasteiger partial charge in [0, 0.05) is 26.2 Å². The smallest absolute Gasteiger partial charge is 0.211 e. The van der Waals surface area contributed by atoms with Gasteiger partial charge in [0.25, 0.3) is 0 Å². The minimum absolute atomic E-state index is 0.489. The molecule has 0 N–H and O–H groups in total. The van der Waals surface area contributed by atoms with Gasteiger partial charge >= 0.3 is 0 Å². The number of nitrogens with zero attached hydrogens (tertiary/aromatic N) is 2. The van der Waals surface area contributed by atoms with Gasteiger partial charge in [-0.15, -0.1) is 0 Å². The van der Waals surface area contributed by atoms with Gasteiger partial charge in [-0.3, -0.25) is 0 Å². The summed E-state index contributed by atoms with van der Waals surface area (Å²) in [6, 6.07) is 6.87. The Labute approximate surface area is 140 Å². The van der Waals surface area contributed by atoms with E-state index in [4.69, 9.17) is 0 Å². The lowest BCUT2D eigenvalue weighted by Gasteiger charge is -2.21. The molecule has 0 radical (unpaired) electrons. The molecule has 0 amide bonds. The van der Waals surface area contributed by atoms with Crippen LogP contribution in [0.2, 0.25) is 0 Å². The number of aryl methyl sites for hydroxylation is 2. The Kier molecular flexibility index (Phi) is 4.81. The minimum atomic E-state index is -3.02. The van der Waals surface area contributed by atoms with E-state index in [9.17, 15) is 8.42 Å². The number of likely N-dealkylation sites (tertiary alicyclic amines) is 1. The zero-order chi connectivity index (χ0) is 16.6. The quantitative estimate of drug-likeness (QED) is 0.847. The fraction of sp³-hybridized carbons (Fsp3) is 0.667. The van der Waals surface area contributed by atoms with Crippen LogP contribution in [-0.4, -0.2) is 56.6 Å². The molecule has 0 spiro atoms. The summed E-state index contributed by atoms with van der Waals surface area (Å²) in [6.07, 6.45) is 3.53. The molecule has 128 valence electrons. The van der Waals surface area contributed by atoms with Crippen molar-refractivity contribution in [1.29, 1.82) is 0 Å². The molecule has 1 aromatic carbocycles. The average molecular weight is 337 g/mol. The fourth-order valence-corrected chi connectivity index (χ4v) is 5.05. The maximum absolute atomic E-state index is 11.6. The first-order valence-corrected chi connectivity index (χ1v) is 10.4. The van der Waals surface area contributed by atoms with E-state index < -0.39 is 10.0 Å². The van der Waals surface area contributed by atoms with Crippen molar-refractivity contribution in [3.63, 3.8) is 0 Å². The van der Waals surface area contributed by atoms with E-state index in [2.05, 4.69) is 36.9 Å². The highest BCUT2D eigenvalue weighted by molar-refractivity contribution is 7.88. The molecule has 2 fully saturated rings. The van der Waals surface area contributed by atoms with Crippen LogP contribution >= 0.6 is 0 Å². The van der Waals surface area contributed by atoms with E-state index in [-0.39, 0.29) is 0 Å². The lowest BCUT2D eigenvalue weighted by molar-refractivity contribution is 0.279. The summed E-state index contributed by atoms with van der Waals surface area (Å²) in [7, 11) is -3.02. The monoisotopic (exact) mass is 336 g/mol. The predicted octanol–water partition coefficient (Wildman–Crippen LogP) is 2.37. The number of benzene rings is 1. The molecule has 2 aliphatic rings. The third kappa shape index (κ3) is 4.14. The number of rotatable bonds is 4. The molecular weight excluding hydrogens is 308 g/mol. The van der Waals surface area contributed by atoms with E-state index in [1.165, 1.54) is 29.4 Å². The Balaban J connectivity index is 1.56. The van der Waals surface area contributed by atoms with Gasteiger partial charge in [0.05, 0.1) is 6.26 Å². The molecule has 0 saturated carbocycles. The molecule has 0 aliphatic carbocycles. The standard InChI is InChI=1S/C18H28N2O2S/c1-14-8-15(2)10-18(9-14)17-5-6-19(13-17)11-16-4-7-20(12-16)23(3,21)22/h8-10,16-17H,4-7,11-13H2,1-3H3. The topological polar surface area (TPSA) is 40.6 Å². The molecule has 0 aromatic heterocycles. The third-order valence-electron chi connectivity index (χ3n) is 5.22. The van der Waals surface area contributed by atoms with Crippen molar-refractivity contribution in [2.45, 2.75) is 32.6 Å². The van der Waals surface area contributed by atoms with Crippen LogP contribution in [0.4, 0.5) is 0 Å². The Morgan fingerprint density at radius 3 is 2.35 bits per heavy atom. The molecule has 23 heavy (non-hydrogen) atoms. The first-order valence-electron chi connectivity index (χ1n) is 8.57. The van der Waals surface area contributed by atoms with Crippen LogP contribution in [0.15, 0.2) is 18.2 Å². The van der Waals surface area contributed by atoms with E-state index in [0.717, 1.165) is 26.1 Å². The minimum Gasteiger partial charge on any atom is -0.302 e. The second-order valence-corrected chi connectivity index (χ2v) is 9.42. The van der Waals surface area contributed by atoms with Crippen molar-refractivity contribution in [3.05, 3.63) is 34.9 Å². The molecule has 2 heterocycles. The average Bonchev–Trinajstić information content (AvgIpc) is 3.06. The maximum Gasteiger partial charge on any atom is 0.211 e. The van der Waals surface area contributed by atoms with Crippen molar-refractivity contribution in [3.8, 4) is 0 Å². The van der Waals surface area contributed by atoms with Crippen molar-refractivity contribution < 1.29 is 8.42 Å². The summed E-state index contributed by atoms with van der Waals surface area (Å²) < 4.78 is 24.9. The highest BCUT2D eigenvalue weighted by Crippen LogP contribution is 2.30. The Morgan fingerprint density at radius 1 is 1.04 bits per heavy atom. The predicted molar refractivity (Wildman–Crippen MR) is 94.2 cm³/mol. The van der Waals surface area contributed by atoms with Crippen LogP contribution in [0.25, 0.3) is 0 Å². The summed E-state index contributed by atoms with van der Waals surface area (Å²) in [6.45, 7) is 9.00. The summed E-state index contributed by atoms with van der Waals surface area (Å²) in [5.41, 5.74) is 4.16. The van der Waals surface area contributed by atoms with Crippen LogP contribution in [0.5, 0.6) is 0 Å². The van der Waals surface area contributed by atoms with Crippen molar-refractivity contribution in [1.82, 2.24) is 9.21 Å². The Bertz CT molecular complexity index is 651. The molecule has 2 aliphatic heterocycles. The van der Waals surface area contributed by atoms with Crippen LogP contribution < -0.4 is 0 Å². The van der Waals surface area contributed by atoms with Gasteiger partial charge in [-0.2, -0.15) is 0 Å². The van der Waals surface area contributed by atoms with Gasteiger partial charge < -0.3 is 4.90 Å². The van der Waals surface area contributed by atoms with Gasteiger partial charge in [0.2, 0.25) is 10.0 Å². The lowest BCUT2D eigenvalue weighted by Crippen LogP contribution is -2.31. The number of hydrogen-bond acceptors (Lipinski definition) is 3. The largest absolute Gasteiger partial charge is 0.302 e. The summed E-state index contributed by atoms with van der Waals surface area (Å²) in [5, 5.41) is 0. The molecule has 2 atom stereocenters. The number of hydrogen-bond donors (Lipinski definition) is 0. The molecule has 2 saturated heterocycles. The molecule has 3 rings (SSSR count). The van der Waals surface area contributed by atoms with Gasteiger partial charge in [-0.05, 0) is 50.6 Å². The second kappa shape index (κ2) is 6.54.